The lowest BCUT2D eigenvalue weighted by Crippen LogP contribution is -2.39. The van der Waals surface area contributed by atoms with Crippen molar-refractivity contribution in [3.63, 3.8) is 0 Å². The van der Waals surface area contributed by atoms with Crippen LogP contribution in [0.1, 0.15) is 46.5 Å². The van der Waals surface area contributed by atoms with Crippen LogP contribution in [0.5, 0.6) is 0 Å². The van der Waals surface area contributed by atoms with Gasteiger partial charge in [-0.05, 0) is 46.5 Å². The second-order valence-electron chi connectivity index (χ2n) is 7.20. The molecule has 2 rings (SSSR count). The van der Waals surface area contributed by atoms with E-state index in [1.165, 1.54) is 6.20 Å². The predicted octanol–water partition coefficient (Wildman–Crippen LogP) is 2.59. The largest absolute Gasteiger partial charge is 0.465 e. The third-order valence-corrected chi connectivity index (χ3v) is 3.85. The summed E-state index contributed by atoms with van der Waals surface area (Å²) >= 11 is 0. The highest BCUT2D eigenvalue weighted by atomic mass is 16.6. The minimum Gasteiger partial charge on any atom is -0.465 e. The second-order valence-corrected chi connectivity index (χ2v) is 7.20. The third kappa shape index (κ3) is 5.73. The van der Waals surface area contributed by atoms with Crippen LogP contribution in [0.3, 0.4) is 0 Å². The molecule has 10 nitrogen and oxygen atoms in total. The van der Waals surface area contributed by atoms with E-state index in [2.05, 4.69) is 25.9 Å². The molecule has 1 aliphatic carbocycles. The SMILES string of the molecule is CC(C)(C)Nc1ncc([N+](=O)[O-])c(N[C@H]2CC[C@H](NC(=O)O)CC2)n1. The van der Waals surface area contributed by atoms with Gasteiger partial charge in [0.05, 0.1) is 4.92 Å². The number of carbonyl (C=O) groups is 1. The molecule has 1 saturated carbocycles. The maximum Gasteiger partial charge on any atom is 0.404 e. The van der Waals surface area contributed by atoms with E-state index < -0.39 is 11.0 Å². The number of anilines is 2. The number of aromatic nitrogens is 2. The van der Waals surface area contributed by atoms with E-state index in [0.29, 0.717) is 31.6 Å². The molecule has 4 N–H and O–H groups in total. The molecule has 0 spiro atoms. The van der Waals surface area contributed by atoms with Gasteiger partial charge >= 0.3 is 11.8 Å². The molecule has 0 aromatic carbocycles. The van der Waals surface area contributed by atoms with Crippen molar-refractivity contribution >= 4 is 23.5 Å². The molecule has 1 aliphatic rings. The van der Waals surface area contributed by atoms with Crippen LogP contribution in [0.25, 0.3) is 0 Å². The number of hydrogen-bond acceptors (Lipinski definition) is 7. The Hall–Kier alpha value is -2.65. The van der Waals surface area contributed by atoms with E-state index in [1.54, 1.807) is 0 Å². The molecular formula is C15H24N6O4. The highest BCUT2D eigenvalue weighted by molar-refractivity contribution is 5.64. The van der Waals surface area contributed by atoms with E-state index in [-0.39, 0.29) is 29.1 Å². The van der Waals surface area contributed by atoms with Gasteiger partial charge in [0.1, 0.15) is 6.20 Å². The molecule has 0 radical (unpaired) electrons. The van der Waals surface area contributed by atoms with Crippen LogP contribution >= 0.6 is 0 Å². The first-order valence-corrected chi connectivity index (χ1v) is 8.19. The van der Waals surface area contributed by atoms with Crippen LogP contribution in [-0.2, 0) is 0 Å². The van der Waals surface area contributed by atoms with Gasteiger partial charge in [0, 0.05) is 17.6 Å². The first kappa shape index (κ1) is 18.7. The minimum atomic E-state index is -1.03. The number of amides is 1. The quantitative estimate of drug-likeness (QED) is 0.468. The van der Waals surface area contributed by atoms with Crippen molar-refractivity contribution in [1.29, 1.82) is 0 Å². The Morgan fingerprint density at radius 2 is 1.88 bits per heavy atom. The van der Waals surface area contributed by atoms with Crippen LogP contribution < -0.4 is 16.0 Å². The van der Waals surface area contributed by atoms with Gasteiger partial charge in [0.25, 0.3) is 0 Å². The third-order valence-electron chi connectivity index (χ3n) is 3.85. The zero-order valence-electron chi connectivity index (χ0n) is 14.6. The molecule has 25 heavy (non-hydrogen) atoms. The minimum absolute atomic E-state index is 0.00271. The molecule has 1 amide bonds. The summed E-state index contributed by atoms with van der Waals surface area (Å²) in [5, 5.41) is 28.7. The highest BCUT2D eigenvalue weighted by Gasteiger charge is 2.26. The van der Waals surface area contributed by atoms with Crippen LogP contribution in [0.2, 0.25) is 0 Å². The van der Waals surface area contributed by atoms with Gasteiger partial charge in [-0.25, -0.2) is 9.78 Å². The molecule has 10 heteroatoms. The summed E-state index contributed by atoms with van der Waals surface area (Å²) in [7, 11) is 0. The molecule has 1 fully saturated rings. The van der Waals surface area contributed by atoms with Crippen molar-refractivity contribution in [2.45, 2.75) is 64.1 Å². The van der Waals surface area contributed by atoms with Gasteiger partial charge in [0.15, 0.2) is 0 Å². The summed E-state index contributed by atoms with van der Waals surface area (Å²) in [6.45, 7) is 5.84. The van der Waals surface area contributed by atoms with E-state index >= 15 is 0 Å². The maximum absolute atomic E-state index is 11.2. The van der Waals surface area contributed by atoms with Gasteiger partial charge in [-0.15, -0.1) is 0 Å². The van der Waals surface area contributed by atoms with E-state index in [9.17, 15) is 14.9 Å². The Balaban J connectivity index is 2.08. The van der Waals surface area contributed by atoms with Crippen molar-refractivity contribution in [1.82, 2.24) is 15.3 Å². The first-order chi connectivity index (χ1) is 11.6. The standard InChI is InChI=1S/C15H24N6O4/c1-15(2,3)20-13-16-8-11(21(24)25)12(19-13)17-9-4-6-10(7-5-9)18-14(22)23/h8-10,18H,4-7H2,1-3H3,(H,22,23)(H2,16,17,19,20)/t9-,10-. The molecule has 138 valence electrons. The number of rotatable bonds is 5. The Bertz CT molecular complexity index is 637. The summed E-state index contributed by atoms with van der Waals surface area (Å²) in [5.41, 5.74) is -0.446. The Morgan fingerprint density at radius 1 is 1.28 bits per heavy atom. The lowest BCUT2D eigenvalue weighted by Gasteiger charge is -2.29. The molecule has 0 bridgehead atoms. The molecule has 0 atom stereocenters. The van der Waals surface area contributed by atoms with Gasteiger partial charge in [-0.3, -0.25) is 10.1 Å². The van der Waals surface area contributed by atoms with Gasteiger partial charge in [0.2, 0.25) is 11.8 Å². The fraction of sp³-hybridized carbons (Fsp3) is 0.667. The van der Waals surface area contributed by atoms with Crippen molar-refractivity contribution in [3.05, 3.63) is 16.3 Å². The number of carboxylic acid groups (broad SMARTS) is 1. The Labute approximate surface area is 145 Å². The molecular weight excluding hydrogens is 328 g/mol. The summed E-state index contributed by atoms with van der Waals surface area (Å²) < 4.78 is 0. The normalized spacial score (nSPS) is 20.6. The van der Waals surface area contributed by atoms with Gasteiger partial charge < -0.3 is 21.1 Å². The zero-order chi connectivity index (χ0) is 18.6. The topological polar surface area (TPSA) is 142 Å². The van der Waals surface area contributed by atoms with Crippen LogP contribution in [0, 0.1) is 10.1 Å². The van der Waals surface area contributed by atoms with Crippen molar-refractivity contribution in [2.24, 2.45) is 0 Å². The number of nitrogens with one attached hydrogen (secondary N) is 3. The zero-order valence-corrected chi connectivity index (χ0v) is 14.6. The summed E-state index contributed by atoms with van der Waals surface area (Å²) in [6, 6.07) is -0.0722. The average molecular weight is 352 g/mol. The van der Waals surface area contributed by atoms with E-state index in [0.717, 1.165) is 0 Å². The second kappa shape index (κ2) is 7.49. The summed E-state index contributed by atoms with van der Waals surface area (Å²) in [6.07, 6.45) is 2.93. The fourth-order valence-corrected chi connectivity index (χ4v) is 2.76. The molecule has 0 aliphatic heterocycles. The monoisotopic (exact) mass is 352 g/mol. The Morgan fingerprint density at radius 3 is 2.40 bits per heavy atom. The van der Waals surface area contributed by atoms with Crippen LogP contribution in [-0.4, -0.2) is 43.7 Å². The van der Waals surface area contributed by atoms with Crippen LogP contribution in [0.15, 0.2) is 6.20 Å². The molecule has 0 unspecified atom stereocenters. The molecule has 0 saturated heterocycles. The number of nitrogens with zero attached hydrogens (tertiary/aromatic N) is 3. The van der Waals surface area contributed by atoms with E-state index in [4.69, 9.17) is 5.11 Å². The highest BCUT2D eigenvalue weighted by Crippen LogP contribution is 2.27. The van der Waals surface area contributed by atoms with Crippen LogP contribution in [0.4, 0.5) is 22.2 Å². The lowest BCUT2D eigenvalue weighted by atomic mass is 9.91. The summed E-state index contributed by atoms with van der Waals surface area (Å²) in [4.78, 5) is 29.7. The van der Waals surface area contributed by atoms with Gasteiger partial charge in [-0.2, -0.15) is 4.98 Å². The average Bonchev–Trinajstić information content (AvgIpc) is 2.47. The number of nitro groups is 1. The molecule has 1 heterocycles. The predicted molar refractivity (Wildman–Crippen MR) is 92.9 cm³/mol. The van der Waals surface area contributed by atoms with Crippen molar-refractivity contribution in [2.75, 3.05) is 10.6 Å². The Kier molecular flexibility index (Phi) is 5.60. The van der Waals surface area contributed by atoms with Gasteiger partial charge in [-0.1, -0.05) is 0 Å². The number of hydrogen-bond donors (Lipinski definition) is 4. The van der Waals surface area contributed by atoms with E-state index in [1.807, 2.05) is 20.8 Å². The van der Waals surface area contributed by atoms with Crippen molar-refractivity contribution < 1.29 is 14.8 Å². The fourth-order valence-electron chi connectivity index (χ4n) is 2.76. The lowest BCUT2D eigenvalue weighted by molar-refractivity contribution is -0.384. The maximum atomic E-state index is 11.2. The smallest absolute Gasteiger partial charge is 0.404 e. The molecule has 1 aromatic rings. The molecule has 1 aromatic heterocycles. The van der Waals surface area contributed by atoms with Crippen molar-refractivity contribution in [3.8, 4) is 0 Å². The summed E-state index contributed by atoms with van der Waals surface area (Å²) in [5.74, 6) is 0.503. The first-order valence-electron chi connectivity index (χ1n) is 8.19.